The molecule has 0 aliphatic heterocycles. The highest BCUT2D eigenvalue weighted by Gasteiger charge is 1.97. The zero-order chi connectivity index (χ0) is 12.4. The van der Waals surface area contributed by atoms with Gasteiger partial charge in [-0.1, -0.05) is 36.4 Å². The lowest BCUT2D eigenvalue weighted by Gasteiger charge is -2.00. The smallest absolute Gasteiger partial charge is 0.0708 e. The number of benzene rings is 2. The number of aliphatic imine (C=N–C) groups is 1. The van der Waals surface area contributed by atoms with Crippen LogP contribution in [0.3, 0.4) is 0 Å². The van der Waals surface area contributed by atoms with Crippen molar-refractivity contribution < 1.29 is 0 Å². The summed E-state index contributed by atoms with van der Waals surface area (Å²) in [5.41, 5.74) is 3.18. The van der Waals surface area contributed by atoms with Crippen LogP contribution in [0.4, 0.5) is 5.69 Å². The standard InChI is InChI=1S/C16H14N2/c1-12-9-10-14(18-12)11-17-16-8-4-6-13-5-2-3-7-15(13)16/h2-11,18H,1H3. The van der Waals surface area contributed by atoms with Crippen LogP contribution in [0.2, 0.25) is 0 Å². The van der Waals surface area contributed by atoms with Crippen LogP contribution in [0.15, 0.2) is 59.6 Å². The summed E-state index contributed by atoms with van der Waals surface area (Å²) < 4.78 is 0. The van der Waals surface area contributed by atoms with Gasteiger partial charge in [-0.2, -0.15) is 0 Å². The minimum atomic E-state index is 1.00. The molecule has 0 aliphatic rings. The lowest BCUT2D eigenvalue weighted by molar-refractivity contribution is 1.25. The van der Waals surface area contributed by atoms with Gasteiger partial charge in [-0.05, 0) is 30.5 Å². The third-order valence-corrected chi connectivity index (χ3v) is 2.96. The molecule has 0 unspecified atom stereocenters. The molecule has 88 valence electrons. The Morgan fingerprint density at radius 2 is 1.78 bits per heavy atom. The maximum atomic E-state index is 4.56. The summed E-state index contributed by atoms with van der Waals surface area (Å²) in [7, 11) is 0. The van der Waals surface area contributed by atoms with Crippen LogP contribution >= 0.6 is 0 Å². The van der Waals surface area contributed by atoms with Crippen LogP contribution in [0.5, 0.6) is 0 Å². The van der Waals surface area contributed by atoms with Crippen molar-refractivity contribution in [2.45, 2.75) is 6.92 Å². The quantitative estimate of drug-likeness (QED) is 0.643. The summed E-state index contributed by atoms with van der Waals surface area (Å²) >= 11 is 0. The van der Waals surface area contributed by atoms with Crippen LogP contribution < -0.4 is 0 Å². The minimum absolute atomic E-state index is 1.00. The van der Waals surface area contributed by atoms with E-state index in [0.717, 1.165) is 17.1 Å². The molecule has 0 amide bonds. The molecule has 18 heavy (non-hydrogen) atoms. The van der Waals surface area contributed by atoms with Gasteiger partial charge in [0, 0.05) is 11.1 Å². The summed E-state index contributed by atoms with van der Waals surface area (Å²) in [5.74, 6) is 0. The zero-order valence-corrected chi connectivity index (χ0v) is 10.2. The lowest BCUT2D eigenvalue weighted by Crippen LogP contribution is -1.80. The molecule has 0 spiro atoms. The average molecular weight is 234 g/mol. The highest BCUT2D eigenvalue weighted by molar-refractivity contribution is 5.94. The van der Waals surface area contributed by atoms with Gasteiger partial charge in [0.15, 0.2) is 0 Å². The molecule has 2 nitrogen and oxygen atoms in total. The Hall–Kier alpha value is -2.35. The lowest BCUT2D eigenvalue weighted by atomic mass is 10.1. The molecule has 0 saturated carbocycles. The fraction of sp³-hybridized carbons (Fsp3) is 0.0625. The van der Waals surface area contributed by atoms with Crippen LogP contribution in [0.25, 0.3) is 10.8 Å². The van der Waals surface area contributed by atoms with Crippen molar-refractivity contribution in [3.8, 4) is 0 Å². The van der Waals surface area contributed by atoms with Gasteiger partial charge in [0.2, 0.25) is 0 Å². The average Bonchev–Trinajstić information content (AvgIpc) is 2.82. The summed E-state index contributed by atoms with van der Waals surface area (Å²) in [6.07, 6.45) is 1.87. The first-order valence-electron chi connectivity index (χ1n) is 6.00. The van der Waals surface area contributed by atoms with Crippen LogP contribution in [-0.2, 0) is 0 Å². The van der Waals surface area contributed by atoms with E-state index in [-0.39, 0.29) is 0 Å². The van der Waals surface area contributed by atoms with E-state index >= 15 is 0 Å². The Bertz CT molecular complexity index is 702. The maximum absolute atomic E-state index is 4.56. The van der Waals surface area contributed by atoms with Gasteiger partial charge in [0.25, 0.3) is 0 Å². The van der Waals surface area contributed by atoms with E-state index in [9.17, 15) is 0 Å². The fourth-order valence-corrected chi connectivity index (χ4v) is 2.06. The van der Waals surface area contributed by atoms with E-state index in [1.807, 2.05) is 49.5 Å². The first kappa shape index (κ1) is 10.8. The highest BCUT2D eigenvalue weighted by atomic mass is 14.8. The van der Waals surface area contributed by atoms with Crippen LogP contribution in [0.1, 0.15) is 11.4 Å². The number of rotatable bonds is 2. The Labute approximate surface area is 106 Å². The molecule has 0 saturated heterocycles. The second-order valence-corrected chi connectivity index (χ2v) is 4.35. The monoisotopic (exact) mass is 234 g/mol. The van der Waals surface area contributed by atoms with Crippen molar-refractivity contribution in [2.24, 2.45) is 4.99 Å². The molecule has 1 N–H and O–H groups in total. The highest BCUT2D eigenvalue weighted by Crippen LogP contribution is 2.25. The second-order valence-electron chi connectivity index (χ2n) is 4.35. The molecule has 0 radical (unpaired) electrons. The number of H-pyrrole nitrogens is 1. The van der Waals surface area contributed by atoms with Crippen molar-refractivity contribution in [2.75, 3.05) is 0 Å². The van der Waals surface area contributed by atoms with Gasteiger partial charge >= 0.3 is 0 Å². The van der Waals surface area contributed by atoms with E-state index in [2.05, 4.69) is 28.2 Å². The molecule has 1 aromatic heterocycles. The van der Waals surface area contributed by atoms with Gasteiger partial charge in [-0.15, -0.1) is 0 Å². The van der Waals surface area contributed by atoms with Crippen LogP contribution in [-0.4, -0.2) is 11.2 Å². The molecule has 2 aromatic carbocycles. The Kier molecular flexibility index (Phi) is 2.69. The Balaban J connectivity index is 2.02. The Morgan fingerprint density at radius 3 is 2.61 bits per heavy atom. The molecule has 0 atom stereocenters. The van der Waals surface area contributed by atoms with E-state index < -0.39 is 0 Å². The van der Waals surface area contributed by atoms with E-state index in [4.69, 9.17) is 0 Å². The zero-order valence-electron chi connectivity index (χ0n) is 10.2. The number of hydrogen-bond donors (Lipinski definition) is 1. The minimum Gasteiger partial charge on any atom is -0.358 e. The molecule has 3 aromatic rings. The van der Waals surface area contributed by atoms with Crippen molar-refractivity contribution in [3.63, 3.8) is 0 Å². The summed E-state index contributed by atoms with van der Waals surface area (Å²) in [6, 6.07) is 18.5. The molecule has 2 heteroatoms. The number of nitrogens with one attached hydrogen (secondary N) is 1. The predicted octanol–water partition coefficient (Wildman–Crippen LogP) is 4.23. The Morgan fingerprint density at radius 1 is 0.944 bits per heavy atom. The summed E-state index contributed by atoms with van der Waals surface area (Å²) in [4.78, 5) is 7.81. The van der Waals surface area contributed by atoms with E-state index in [1.54, 1.807) is 0 Å². The SMILES string of the molecule is Cc1ccc(C=Nc2cccc3ccccc23)[nH]1. The second kappa shape index (κ2) is 4.49. The van der Waals surface area contributed by atoms with E-state index in [1.165, 1.54) is 10.8 Å². The largest absolute Gasteiger partial charge is 0.358 e. The number of nitrogens with zero attached hydrogens (tertiary/aromatic N) is 1. The van der Waals surface area contributed by atoms with Gasteiger partial charge in [0.05, 0.1) is 17.6 Å². The maximum Gasteiger partial charge on any atom is 0.0708 e. The van der Waals surface area contributed by atoms with Crippen molar-refractivity contribution in [3.05, 3.63) is 66.0 Å². The topological polar surface area (TPSA) is 28.1 Å². The van der Waals surface area contributed by atoms with Crippen molar-refractivity contribution >= 4 is 22.7 Å². The van der Waals surface area contributed by atoms with Crippen molar-refractivity contribution in [1.82, 2.24) is 4.98 Å². The fourth-order valence-electron chi connectivity index (χ4n) is 2.06. The van der Waals surface area contributed by atoms with Gasteiger partial charge in [-0.25, -0.2) is 0 Å². The number of hydrogen-bond acceptors (Lipinski definition) is 1. The van der Waals surface area contributed by atoms with Gasteiger partial charge in [-0.3, -0.25) is 4.99 Å². The predicted molar refractivity (Wildman–Crippen MR) is 76.7 cm³/mol. The van der Waals surface area contributed by atoms with Crippen LogP contribution in [0, 0.1) is 6.92 Å². The molecular weight excluding hydrogens is 220 g/mol. The molecule has 0 aliphatic carbocycles. The normalized spacial score (nSPS) is 11.4. The number of aryl methyl sites for hydroxylation is 1. The summed E-state index contributed by atoms with van der Waals surface area (Å²) in [6.45, 7) is 2.04. The number of fused-ring (bicyclic) bond motifs is 1. The summed E-state index contributed by atoms with van der Waals surface area (Å²) in [5, 5.41) is 2.40. The third kappa shape index (κ3) is 2.05. The molecule has 0 bridgehead atoms. The third-order valence-electron chi connectivity index (χ3n) is 2.96. The number of aromatic amines is 1. The molecule has 3 rings (SSSR count). The molecular formula is C16H14N2. The number of aromatic nitrogens is 1. The van der Waals surface area contributed by atoms with Gasteiger partial charge in [0.1, 0.15) is 0 Å². The molecule has 0 fully saturated rings. The first-order valence-corrected chi connectivity index (χ1v) is 6.00. The van der Waals surface area contributed by atoms with E-state index in [0.29, 0.717) is 0 Å². The van der Waals surface area contributed by atoms with Crippen molar-refractivity contribution in [1.29, 1.82) is 0 Å². The van der Waals surface area contributed by atoms with Gasteiger partial charge < -0.3 is 4.98 Å². The first-order chi connectivity index (χ1) is 8.83. The molecule has 1 heterocycles.